The van der Waals surface area contributed by atoms with Gasteiger partial charge in [0.2, 0.25) is 11.8 Å². The summed E-state index contributed by atoms with van der Waals surface area (Å²) in [6, 6.07) is 24.3. The summed E-state index contributed by atoms with van der Waals surface area (Å²) in [7, 11) is 0. The first-order chi connectivity index (χ1) is 24.9. The van der Waals surface area contributed by atoms with E-state index in [0.717, 1.165) is 33.2 Å². The van der Waals surface area contributed by atoms with Gasteiger partial charge in [-0.2, -0.15) is 0 Å². The number of aliphatic hydroxyl groups is 1. The van der Waals surface area contributed by atoms with Crippen LogP contribution in [0.15, 0.2) is 78.9 Å². The van der Waals surface area contributed by atoms with E-state index >= 15 is 0 Å². The van der Waals surface area contributed by atoms with Gasteiger partial charge in [0.05, 0.1) is 38.7 Å². The van der Waals surface area contributed by atoms with Crippen LogP contribution in [0.2, 0.25) is 0 Å². The predicted octanol–water partition coefficient (Wildman–Crippen LogP) is 5.42. The summed E-state index contributed by atoms with van der Waals surface area (Å²) in [5.74, 6) is 6.85. The number of amides is 2. The van der Waals surface area contributed by atoms with E-state index in [1.807, 2.05) is 66.7 Å². The average Bonchev–Trinajstić information content (AvgIpc) is 3.13. The number of carbonyl (C=O) groups is 3. The highest BCUT2D eigenvalue weighted by Crippen LogP contribution is 2.31. The highest BCUT2D eigenvalue weighted by atomic mass is 16.5. The van der Waals surface area contributed by atoms with Crippen molar-refractivity contribution in [1.29, 1.82) is 0 Å². The highest BCUT2D eigenvalue weighted by Gasteiger charge is 2.21. The van der Waals surface area contributed by atoms with Gasteiger partial charge in [-0.15, -0.1) is 0 Å². The molecular weight excluding hydrogens is 648 g/mol. The van der Waals surface area contributed by atoms with Gasteiger partial charge in [-0.3, -0.25) is 14.4 Å². The number of fused-ring (bicyclic) bond motifs is 3. The molecule has 266 valence electrons. The number of hydrogen-bond acceptors (Lipinski definition) is 8. The van der Waals surface area contributed by atoms with Crippen molar-refractivity contribution in [2.24, 2.45) is 0 Å². The predicted molar refractivity (Wildman–Crippen MR) is 194 cm³/mol. The normalized spacial score (nSPS) is 11.8. The van der Waals surface area contributed by atoms with Crippen molar-refractivity contribution in [3.05, 3.63) is 101 Å². The molecule has 0 saturated heterocycles. The third kappa shape index (κ3) is 10.9. The number of ketones is 1. The molecule has 51 heavy (non-hydrogen) atoms. The number of aromatic hydroxyl groups is 1. The van der Waals surface area contributed by atoms with Crippen LogP contribution in [0.5, 0.6) is 11.5 Å². The van der Waals surface area contributed by atoms with E-state index in [0.29, 0.717) is 76.6 Å². The number of nitrogens with one attached hydrogen (secondary N) is 1. The fraction of sp³-hybridized carbons (Fsp3) is 0.341. The number of aliphatic hydroxyl groups excluding tert-OH is 1. The Labute approximate surface area is 298 Å². The summed E-state index contributed by atoms with van der Waals surface area (Å²) < 4.78 is 17.0. The Balaban J connectivity index is 0.888. The molecule has 4 aromatic rings. The van der Waals surface area contributed by atoms with Gasteiger partial charge >= 0.3 is 0 Å². The van der Waals surface area contributed by atoms with E-state index in [9.17, 15) is 24.6 Å². The van der Waals surface area contributed by atoms with Crippen molar-refractivity contribution < 1.29 is 38.8 Å². The van der Waals surface area contributed by atoms with Gasteiger partial charge in [0.25, 0.3) is 0 Å². The lowest BCUT2D eigenvalue weighted by Crippen LogP contribution is -2.35. The number of Topliss-reactive ketones (excluding diaryl/α,β-unsaturated/α-hetero) is 1. The van der Waals surface area contributed by atoms with Crippen LogP contribution in [-0.2, 0) is 37.0 Å². The maximum absolute atomic E-state index is 13.3. The molecule has 0 aromatic heterocycles. The monoisotopic (exact) mass is 692 g/mol. The fourth-order valence-electron chi connectivity index (χ4n) is 5.80. The van der Waals surface area contributed by atoms with Gasteiger partial charge in [0, 0.05) is 60.9 Å². The molecule has 10 heteroatoms. The van der Waals surface area contributed by atoms with Crippen LogP contribution in [0, 0.1) is 11.8 Å². The molecule has 0 fully saturated rings. The lowest BCUT2D eigenvalue weighted by Gasteiger charge is -2.26. The molecule has 0 unspecified atom stereocenters. The van der Waals surface area contributed by atoms with Gasteiger partial charge in [-0.25, -0.2) is 0 Å². The quantitative estimate of drug-likeness (QED) is 0.0877. The molecule has 10 nitrogen and oxygen atoms in total. The minimum atomic E-state index is -0.240. The molecule has 3 N–H and O–H groups in total. The molecular formula is C41H44N2O8. The molecule has 0 bridgehead atoms. The van der Waals surface area contributed by atoms with Gasteiger partial charge in [0.1, 0.15) is 23.9 Å². The van der Waals surface area contributed by atoms with E-state index in [2.05, 4.69) is 17.2 Å². The summed E-state index contributed by atoms with van der Waals surface area (Å²) >= 11 is 0. The molecule has 2 amide bonds. The highest BCUT2D eigenvalue weighted by molar-refractivity contribution is 5.95. The second-order valence-electron chi connectivity index (χ2n) is 12.2. The van der Waals surface area contributed by atoms with Crippen molar-refractivity contribution in [3.63, 3.8) is 0 Å². The smallest absolute Gasteiger partial charge is 0.229 e. The minimum Gasteiger partial charge on any atom is -0.508 e. The lowest BCUT2D eigenvalue weighted by molar-refractivity contribution is -0.122. The summed E-state index contributed by atoms with van der Waals surface area (Å²) in [6.07, 6.45) is 2.12. The third-order valence-electron chi connectivity index (χ3n) is 8.51. The fourth-order valence-corrected chi connectivity index (χ4v) is 5.80. The molecule has 0 saturated carbocycles. The Bertz CT molecular complexity index is 1880. The summed E-state index contributed by atoms with van der Waals surface area (Å²) in [5, 5.41) is 23.9. The van der Waals surface area contributed by atoms with Crippen LogP contribution in [0.1, 0.15) is 60.8 Å². The van der Waals surface area contributed by atoms with Crippen LogP contribution < -0.4 is 15.0 Å². The van der Waals surface area contributed by atoms with Crippen molar-refractivity contribution in [2.75, 3.05) is 44.5 Å². The van der Waals surface area contributed by atoms with Crippen molar-refractivity contribution in [2.45, 2.75) is 51.7 Å². The molecule has 0 atom stereocenters. The molecule has 1 aliphatic rings. The van der Waals surface area contributed by atoms with E-state index < -0.39 is 0 Å². The topological polar surface area (TPSA) is 135 Å². The molecule has 0 spiro atoms. The maximum atomic E-state index is 13.3. The number of hydrogen-bond donors (Lipinski definition) is 3. The Hall–Kier alpha value is -5.21. The molecule has 0 radical (unpaired) electrons. The first-order valence-electron chi connectivity index (χ1n) is 17.3. The molecule has 4 aromatic carbocycles. The number of benzene rings is 4. The Morgan fingerprint density at radius 1 is 0.765 bits per heavy atom. The Kier molecular flexibility index (Phi) is 14.0. The zero-order chi connectivity index (χ0) is 35.8. The minimum absolute atomic E-state index is 0.0232. The van der Waals surface area contributed by atoms with Crippen LogP contribution >= 0.6 is 0 Å². The van der Waals surface area contributed by atoms with Crippen molar-refractivity contribution >= 4 is 34.1 Å². The number of carbonyl (C=O) groups excluding carboxylic acids is 3. The average molecular weight is 693 g/mol. The molecule has 1 heterocycles. The van der Waals surface area contributed by atoms with Crippen LogP contribution in [0.4, 0.5) is 5.69 Å². The summed E-state index contributed by atoms with van der Waals surface area (Å²) in [4.78, 5) is 39.7. The van der Waals surface area contributed by atoms with E-state index in [-0.39, 0.29) is 49.3 Å². The number of anilines is 1. The zero-order valence-corrected chi connectivity index (χ0v) is 28.7. The summed E-state index contributed by atoms with van der Waals surface area (Å²) in [6.45, 7) is 2.29. The number of para-hydroxylation sites is 1. The van der Waals surface area contributed by atoms with Gasteiger partial charge < -0.3 is 34.6 Å². The largest absolute Gasteiger partial charge is 0.508 e. The number of phenols is 1. The first-order valence-corrected chi connectivity index (χ1v) is 17.3. The standard InChI is InChI=1S/C41H44N2O8/c44-29-34-26-32-11-5-15-39(36(32)27-38(34)46)51-25-24-50-23-22-49-21-7-13-35(45)12-6-16-40(47)42-20-19-41(48)43-28-33-10-2-1-8-30(33)17-18-31-9-3-4-14-37(31)43/h1-5,8-11,14-15,26-27,44,46H,6-7,12-13,16,19-25,28-29H2,(H,42,47). The number of ether oxygens (including phenoxy) is 3. The van der Waals surface area contributed by atoms with Gasteiger partial charge in [-0.05, 0) is 60.2 Å². The van der Waals surface area contributed by atoms with Crippen LogP contribution in [0.25, 0.3) is 10.8 Å². The van der Waals surface area contributed by atoms with E-state index in [1.54, 1.807) is 17.0 Å². The molecule has 1 aliphatic heterocycles. The lowest BCUT2D eigenvalue weighted by atomic mass is 10.0. The van der Waals surface area contributed by atoms with Crippen molar-refractivity contribution in [1.82, 2.24) is 5.32 Å². The summed E-state index contributed by atoms with van der Waals surface area (Å²) in [5.41, 5.74) is 3.88. The number of nitrogens with zero attached hydrogens (tertiary/aromatic N) is 1. The Morgan fingerprint density at radius 3 is 2.33 bits per heavy atom. The van der Waals surface area contributed by atoms with E-state index in [1.165, 1.54) is 0 Å². The van der Waals surface area contributed by atoms with Gasteiger partial charge in [-0.1, -0.05) is 54.3 Å². The second-order valence-corrected chi connectivity index (χ2v) is 12.2. The maximum Gasteiger partial charge on any atom is 0.229 e. The SMILES string of the molecule is O=C(CCCOCCOCCOc1cccc2cc(CO)c(O)cc12)CCCC(=O)NCCC(=O)N1Cc2ccccc2C#Cc2ccccc21. The van der Waals surface area contributed by atoms with Crippen LogP contribution in [0.3, 0.4) is 0 Å². The molecule has 0 aliphatic carbocycles. The zero-order valence-electron chi connectivity index (χ0n) is 28.7. The van der Waals surface area contributed by atoms with Crippen molar-refractivity contribution in [3.8, 4) is 23.3 Å². The van der Waals surface area contributed by atoms with E-state index in [4.69, 9.17) is 14.2 Å². The first kappa shape index (κ1) is 37.1. The number of rotatable bonds is 19. The van der Waals surface area contributed by atoms with Crippen LogP contribution in [-0.4, -0.2) is 67.4 Å². The van der Waals surface area contributed by atoms with Gasteiger partial charge in [0.15, 0.2) is 0 Å². The Morgan fingerprint density at radius 2 is 1.49 bits per heavy atom. The second kappa shape index (κ2) is 19.3. The molecule has 5 rings (SSSR count). The third-order valence-corrected chi connectivity index (χ3v) is 8.51.